The molecule has 1 aliphatic rings. The van der Waals surface area contributed by atoms with Crippen LogP contribution in [0.15, 0.2) is 53.1 Å². The molecular formula is C20H26N2O2. The zero-order valence-electron chi connectivity index (χ0n) is 14.4. The molecule has 0 bridgehead atoms. The van der Waals surface area contributed by atoms with E-state index in [4.69, 9.17) is 4.42 Å². The maximum atomic E-state index is 12.7. The quantitative estimate of drug-likeness (QED) is 0.815. The van der Waals surface area contributed by atoms with Gasteiger partial charge in [-0.15, -0.1) is 0 Å². The standard InChI is InChI=1S/C20H26N2O2/c1-17-9-11-22(12-10-17)20(23)16-21(15-19-8-5-13-24-19)14-18-6-3-2-4-7-18/h2-8,13,17H,9-12,14-16H2,1H3. The van der Waals surface area contributed by atoms with E-state index in [9.17, 15) is 4.79 Å². The third kappa shape index (κ3) is 4.71. The molecule has 1 saturated heterocycles. The molecular weight excluding hydrogens is 300 g/mol. The number of hydrogen-bond acceptors (Lipinski definition) is 3. The lowest BCUT2D eigenvalue weighted by molar-refractivity contribution is -0.134. The van der Waals surface area contributed by atoms with Crippen LogP contribution in [-0.4, -0.2) is 35.3 Å². The van der Waals surface area contributed by atoms with Crippen molar-refractivity contribution in [2.24, 2.45) is 5.92 Å². The van der Waals surface area contributed by atoms with E-state index < -0.39 is 0 Å². The first-order chi connectivity index (χ1) is 11.7. The Labute approximate surface area is 144 Å². The largest absolute Gasteiger partial charge is 0.468 e. The van der Waals surface area contributed by atoms with Gasteiger partial charge in [0.1, 0.15) is 5.76 Å². The van der Waals surface area contributed by atoms with Crippen molar-refractivity contribution < 1.29 is 9.21 Å². The molecule has 0 N–H and O–H groups in total. The predicted molar refractivity (Wildman–Crippen MR) is 94.2 cm³/mol. The molecule has 1 fully saturated rings. The lowest BCUT2D eigenvalue weighted by atomic mass is 9.99. The van der Waals surface area contributed by atoms with Crippen LogP contribution in [-0.2, 0) is 17.9 Å². The van der Waals surface area contributed by atoms with Crippen molar-refractivity contribution >= 4 is 5.91 Å². The lowest BCUT2D eigenvalue weighted by Gasteiger charge is -2.32. The molecule has 4 nitrogen and oxygen atoms in total. The van der Waals surface area contributed by atoms with Crippen molar-refractivity contribution in [3.05, 3.63) is 60.1 Å². The average Bonchev–Trinajstić information content (AvgIpc) is 3.09. The van der Waals surface area contributed by atoms with Crippen molar-refractivity contribution in [1.82, 2.24) is 9.80 Å². The maximum Gasteiger partial charge on any atom is 0.236 e. The number of piperidine rings is 1. The Morgan fingerprint density at radius 2 is 1.88 bits per heavy atom. The minimum absolute atomic E-state index is 0.226. The molecule has 0 aliphatic carbocycles. The summed E-state index contributed by atoms with van der Waals surface area (Å²) in [5, 5.41) is 0. The summed E-state index contributed by atoms with van der Waals surface area (Å²) in [5.41, 5.74) is 1.21. The fraction of sp³-hybridized carbons (Fsp3) is 0.450. The SMILES string of the molecule is CC1CCN(C(=O)CN(Cc2ccccc2)Cc2ccco2)CC1. The summed E-state index contributed by atoms with van der Waals surface area (Å²) in [6.07, 6.45) is 3.91. The van der Waals surface area contributed by atoms with Gasteiger partial charge in [0.15, 0.2) is 0 Å². The number of likely N-dealkylation sites (tertiary alicyclic amines) is 1. The van der Waals surface area contributed by atoms with Crippen molar-refractivity contribution in [3.63, 3.8) is 0 Å². The molecule has 0 radical (unpaired) electrons. The molecule has 2 aromatic rings. The molecule has 128 valence electrons. The molecule has 0 atom stereocenters. The minimum atomic E-state index is 0.226. The molecule has 1 aromatic carbocycles. The third-order valence-electron chi connectivity index (χ3n) is 4.70. The fourth-order valence-corrected chi connectivity index (χ4v) is 3.18. The Kier molecular flexibility index (Phi) is 5.70. The Hall–Kier alpha value is -2.07. The van der Waals surface area contributed by atoms with Crippen LogP contribution in [0.2, 0.25) is 0 Å². The molecule has 2 heterocycles. The number of amides is 1. The van der Waals surface area contributed by atoms with Gasteiger partial charge in [0.2, 0.25) is 5.91 Å². The number of hydrogen-bond donors (Lipinski definition) is 0. The van der Waals surface area contributed by atoms with Gasteiger partial charge in [0.05, 0.1) is 19.4 Å². The van der Waals surface area contributed by atoms with Crippen molar-refractivity contribution in [1.29, 1.82) is 0 Å². The smallest absolute Gasteiger partial charge is 0.236 e. The van der Waals surface area contributed by atoms with Crippen LogP contribution in [0.25, 0.3) is 0 Å². The molecule has 0 saturated carbocycles. The van der Waals surface area contributed by atoms with E-state index in [-0.39, 0.29) is 5.91 Å². The number of nitrogens with zero attached hydrogens (tertiary/aromatic N) is 2. The molecule has 0 spiro atoms. The highest BCUT2D eigenvalue weighted by molar-refractivity contribution is 5.78. The monoisotopic (exact) mass is 326 g/mol. The van der Waals surface area contributed by atoms with Gasteiger partial charge in [-0.2, -0.15) is 0 Å². The normalized spacial score (nSPS) is 15.8. The highest BCUT2D eigenvalue weighted by Crippen LogP contribution is 2.17. The van der Waals surface area contributed by atoms with Crippen molar-refractivity contribution in [2.45, 2.75) is 32.9 Å². The van der Waals surface area contributed by atoms with Crippen LogP contribution in [0.4, 0.5) is 0 Å². The number of carbonyl (C=O) groups excluding carboxylic acids is 1. The number of benzene rings is 1. The van der Waals surface area contributed by atoms with Crippen LogP contribution < -0.4 is 0 Å². The predicted octanol–water partition coefficient (Wildman–Crippen LogP) is 3.54. The van der Waals surface area contributed by atoms with E-state index in [1.807, 2.05) is 35.2 Å². The van der Waals surface area contributed by atoms with Gasteiger partial charge in [-0.25, -0.2) is 0 Å². The Balaban J connectivity index is 1.63. The summed E-state index contributed by atoms with van der Waals surface area (Å²) >= 11 is 0. The van der Waals surface area contributed by atoms with Gasteiger partial charge in [-0.3, -0.25) is 9.69 Å². The molecule has 4 heteroatoms. The average molecular weight is 326 g/mol. The van der Waals surface area contributed by atoms with Gasteiger partial charge < -0.3 is 9.32 Å². The van der Waals surface area contributed by atoms with Gasteiger partial charge in [-0.1, -0.05) is 37.3 Å². The summed E-state index contributed by atoms with van der Waals surface area (Å²) in [5.74, 6) is 1.85. The van der Waals surface area contributed by atoms with Crippen LogP contribution in [0, 0.1) is 5.92 Å². The van der Waals surface area contributed by atoms with Crippen LogP contribution in [0.3, 0.4) is 0 Å². The molecule has 1 aliphatic heterocycles. The van der Waals surface area contributed by atoms with E-state index in [0.717, 1.165) is 44.2 Å². The Morgan fingerprint density at radius 3 is 2.54 bits per heavy atom. The summed E-state index contributed by atoms with van der Waals surface area (Å²) in [6.45, 7) is 5.87. The second-order valence-corrected chi connectivity index (χ2v) is 6.77. The van der Waals surface area contributed by atoms with E-state index in [0.29, 0.717) is 13.1 Å². The minimum Gasteiger partial charge on any atom is -0.468 e. The van der Waals surface area contributed by atoms with Gasteiger partial charge in [0, 0.05) is 19.6 Å². The second-order valence-electron chi connectivity index (χ2n) is 6.77. The molecule has 24 heavy (non-hydrogen) atoms. The van der Waals surface area contributed by atoms with E-state index in [1.165, 1.54) is 5.56 Å². The highest BCUT2D eigenvalue weighted by Gasteiger charge is 2.22. The van der Waals surface area contributed by atoms with Gasteiger partial charge in [0.25, 0.3) is 0 Å². The Morgan fingerprint density at radius 1 is 1.12 bits per heavy atom. The zero-order chi connectivity index (χ0) is 16.8. The maximum absolute atomic E-state index is 12.7. The van der Waals surface area contributed by atoms with Crippen LogP contribution in [0.5, 0.6) is 0 Å². The van der Waals surface area contributed by atoms with Crippen LogP contribution >= 0.6 is 0 Å². The number of rotatable bonds is 6. The first kappa shape index (κ1) is 16.8. The van der Waals surface area contributed by atoms with E-state index in [1.54, 1.807) is 6.26 Å². The molecule has 1 amide bonds. The van der Waals surface area contributed by atoms with Crippen molar-refractivity contribution in [3.8, 4) is 0 Å². The summed E-state index contributed by atoms with van der Waals surface area (Å²) < 4.78 is 5.48. The fourth-order valence-electron chi connectivity index (χ4n) is 3.18. The van der Waals surface area contributed by atoms with E-state index in [2.05, 4.69) is 24.0 Å². The highest BCUT2D eigenvalue weighted by atomic mass is 16.3. The number of furan rings is 1. The van der Waals surface area contributed by atoms with Crippen molar-refractivity contribution in [2.75, 3.05) is 19.6 Å². The number of carbonyl (C=O) groups is 1. The molecule has 0 unspecified atom stereocenters. The zero-order valence-corrected chi connectivity index (χ0v) is 14.4. The summed E-state index contributed by atoms with van der Waals surface area (Å²) in [7, 11) is 0. The summed E-state index contributed by atoms with van der Waals surface area (Å²) in [6, 6.07) is 14.1. The second kappa shape index (κ2) is 8.15. The van der Waals surface area contributed by atoms with Crippen LogP contribution in [0.1, 0.15) is 31.1 Å². The van der Waals surface area contributed by atoms with Gasteiger partial charge >= 0.3 is 0 Å². The van der Waals surface area contributed by atoms with E-state index >= 15 is 0 Å². The lowest BCUT2D eigenvalue weighted by Crippen LogP contribution is -2.43. The topological polar surface area (TPSA) is 36.7 Å². The molecule has 1 aromatic heterocycles. The molecule has 3 rings (SSSR count). The first-order valence-corrected chi connectivity index (χ1v) is 8.77. The third-order valence-corrected chi connectivity index (χ3v) is 4.70. The first-order valence-electron chi connectivity index (χ1n) is 8.77. The van der Waals surface area contributed by atoms with Gasteiger partial charge in [-0.05, 0) is 36.5 Å². The Bertz CT molecular complexity index is 616. The summed E-state index contributed by atoms with van der Waals surface area (Å²) in [4.78, 5) is 16.9.